The maximum Gasteiger partial charge on any atom is 0.349 e. The number of likely N-dealkylation sites (tertiary alicyclic amines) is 1. The third kappa shape index (κ3) is 6.01. The average Bonchev–Trinajstić information content (AvgIpc) is 3.74. The van der Waals surface area contributed by atoms with E-state index < -0.39 is 24.6 Å². The number of fused-ring (bicyclic) bond motifs is 1. The average molecular weight is 642 g/mol. The van der Waals surface area contributed by atoms with Gasteiger partial charge in [0.25, 0.3) is 0 Å². The second-order valence-electron chi connectivity index (χ2n) is 10.7. The predicted octanol–water partition coefficient (Wildman–Crippen LogP) is 6.93. The molecule has 0 spiro atoms. The molecule has 44 heavy (non-hydrogen) atoms. The van der Waals surface area contributed by atoms with E-state index in [0.717, 1.165) is 33.5 Å². The van der Waals surface area contributed by atoms with E-state index in [4.69, 9.17) is 21.1 Å². The summed E-state index contributed by atoms with van der Waals surface area (Å²) in [6.07, 6.45) is 5.61. The molecule has 9 nitrogen and oxygen atoms in total. The van der Waals surface area contributed by atoms with Crippen LogP contribution in [0.15, 0.2) is 55.1 Å². The molecule has 1 N–H and O–H groups in total. The number of imidazole rings is 1. The first kappa shape index (κ1) is 30.0. The summed E-state index contributed by atoms with van der Waals surface area (Å²) in [5.74, 6) is -1.65. The number of nitrogens with zero attached hydrogens (tertiary/aromatic N) is 5. The molecule has 0 radical (unpaired) electrons. The number of thiophene rings is 1. The normalized spacial score (nSPS) is 15.1. The smallest absolute Gasteiger partial charge is 0.349 e. The van der Waals surface area contributed by atoms with Crippen LogP contribution in [-0.4, -0.2) is 67.7 Å². The van der Waals surface area contributed by atoms with Gasteiger partial charge in [-0.05, 0) is 43.5 Å². The lowest BCUT2D eigenvalue weighted by Crippen LogP contribution is -2.39. The van der Waals surface area contributed by atoms with Crippen molar-refractivity contribution in [2.75, 3.05) is 26.3 Å². The van der Waals surface area contributed by atoms with Gasteiger partial charge in [-0.25, -0.2) is 18.6 Å². The van der Waals surface area contributed by atoms with Crippen LogP contribution in [0, 0.1) is 5.82 Å². The summed E-state index contributed by atoms with van der Waals surface area (Å²) in [6.45, 7) is 2.99. The number of alkyl halides is 1. The largest absolute Gasteiger partial charge is 0.486 e. The van der Waals surface area contributed by atoms with Gasteiger partial charge in [-0.2, -0.15) is 5.10 Å². The van der Waals surface area contributed by atoms with Crippen LogP contribution < -0.4 is 9.47 Å². The maximum absolute atomic E-state index is 14.9. The number of hydrogen-bond donors (Lipinski definition) is 1. The monoisotopic (exact) mass is 641 g/mol. The minimum atomic E-state index is -1.14. The Hall–Kier alpha value is -4.00. The number of aryl methyl sites for hydroxylation is 1. The molecule has 1 fully saturated rings. The van der Waals surface area contributed by atoms with Crippen molar-refractivity contribution in [1.82, 2.24) is 24.2 Å². The van der Waals surface area contributed by atoms with E-state index in [2.05, 4.69) is 10.1 Å². The molecule has 0 aliphatic carbocycles. The van der Waals surface area contributed by atoms with Crippen LogP contribution in [0.1, 0.15) is 41.1 Å². The molecule has 4 heterocycles. The topological polar surface area (TPSA) is 94.6 Å². The molecule has 1 atom stereocenters. The predicted molar refractivity (Wildman–Crippen MR) is 165 cm³/mol. The molecule has 3 aromatic heterocycles. The molecule has 0 amide bonds. The highest BCUT2D eigenvalue weighted by Gasteiger charge is 2.27. The Bertz CT molecular complexity index is 1810. The van der Waals surface area contributed by atoms with Crippen molar-refractivity contribution in [2.45, 2.75) is 32.0 Å². The van der Waals surface area contributed by atoms with Crippen molar-refractivity contribution in [1.29, 1.82) is 0 Å². The summed E-state index contributed by atoms with van der Waals surface area (Å²) in [5.41, 5.74) is 3.93. The number of rotatable bonds is 10. The Labute approximate surface area is 261 Å². The van der Waals surface area contributed by atoms with Crippen molar-refractivity contribution in [3.8, 4) is 27.6 Å². The van der Waals surface area contributed by atoms with Crippen LogP contribution in [0.4, 0.5) is 8.78 Å². The first-order valence-corrected chi connectivity index (χ1v) is 15.3. The van der Waals surface area contributed by atoms with Crippen molar-refractivity contribution in [3.05, 3.63) is 76.4 Å². The van der Waals surface area contributed by atoms with Crippen LogP contribution >= 0.6 is 22.9 Å². The zero-order valence-electron chi connectivity index (χ0n) is 24.0. The van der Waals surface area contributed by atoms with Gasteiger partial charge in [0.2, 0.25) is 0 Å². The van der Waals surface area contributed by atoms with E-state index in [1.54, 1.807) is 30.2 Å². The molecule has 0 unspecified atom stereocenters. The maximum atomic E-state index is 14.9. The minimum absolute atomic E-state index is 0.00965. The molecule has 1 aliphatic heterocycles. The standard InChI is InChI=1S/C31H30ClF2N5O4S/c1-18(22-4-5-23(34)29(28(22)32)43-21-7-10-38(11-8-21)12-9-33)42-26-14-27(44-30(26)31(40)41)39-17-35-24-13-19(3-6-25(24)39)20-15-36-37(2)16-20/h3-6,13-18,21H,7-12H2,1-2H3,(H,40,41)/t18-/m1/s1. The summed E-state index contributed by atoms with van der Waals surface area (Å²) in [4.78, 5) is 18.8. The highest BCUT2D eigenvalue weighted by molar-refractivity contribution is 7.16. The van der Waals surface area contributed by atoms with E-state index in [9.17, 15) is 18.7 Å². The first-order chi connectivity index (χ1) is 21.2. The second kappa shape index (κ2) is 12.5. The molecule has 2 aromatic carbocycles. The summed E-state index contributed by atoms with van der Waals surface area (Å²) in [5, 5.41) is 14.9. The molecule has 0 bridgehead atoms. The fourth-order valence-electron chi connectivity index (χ4n) is 5.42. The molecule has 13 heteroatoms. The molecular formula is C31H30ClF2N5O4S. The van der Waals surface area contributed by atoms with E-state index in [1.165, 1.54) is 12.1 Å². The van der Waals surface area contributed by atoms with Crippen molar-refractivity contribution < 1.29 is 28.2 Å². The number of carboxylic acids is 1. The quantitative estimate of drug-likeness (QED) is 0.177. The van der Waals surface area contributed by atoms with Gasteiger partial charge in [-0.1, -0.05) is 23.7 Å². The van der Waals surface area contributed by atoms with Crippen LogP contribution in [0.5, 0.6) is 11.5 Å². The van der Waals surface area contributed by atoms with Gasteiger partial charge in [0, 0.05) is 50.1 Å². The molecule has 1 aliphatic rings. The highest BCUT2D eigenvalue weighted by Crippen LogP contribution is 2.40. The van der Waals surface area contributed by atoms with E-state index >= 15 is 0 Å². The molecular weight excluding hydrogens is 612 g/mol. The fourth-order valence-corrected chi connectivity index (χ4v) is 6.68. The summed E-state index contributed by atoms with van der Waals surface area (Å²) in [6, 6.07) is 10.3. The molecule has 230 valence electrons. The van der Waals surface area contributed by atoms with Gasteiger partial charge in [-0.15, -0.1) is 11.3 Å². The van der Waals surface area contributed by atoms with Gasteiger partial charge in [-0.3, -0.25) is 9.25 Å². The minimum Gasteiger partial charge on any atom is -0.486 e. The Balaban J connectivity index is 1.23. The lowest BCUT2D eigenvalue weighted by atomic mass is 10.1. The van der Waals surface area contributed by atoms with Crippen LogP contribution in [0.25, 0.3) is 27.2 Å². The van der Waals surface area contributed by atoms with Crippen LogP contribution in [0.3, 0.4) is 0 Å². The summed E-state index contributed by atoms with van der Waals surface area (Å²) in [7, 11) is 1.85. The van der Waals surface area contributed by atoms with Gasteiger partial charge < -0.3 is 19.5 Å². The van der Waals surface area contributed by atoms with Crippen molar-refractivity contribution in [3.63, 3.8) is 0 Å². The number of piperidine rings is 1. The third-order valence-corrected chi connectivity index (χ3v) is 9.24. The molecule has 6 rings (SSSR count). The number of aromatic carboxylic acids is 1. The lowest BCUT2D eigenvalue weighted by Gasteiger charge is -2.32. The first-order valence-electron chi connectivity index (χ1n) is 14.1. The van der Waals surface area contributed by atoms with Gasteiger partial charge in [0.15, 0.2) is 16.4 Å². The van der Waals surface area contributed by atoms with Crippen LogP contribution in [-0.2, 0) is 7.05 Å². The number of halogens is 3. The number of aromatic nitrogens is 4. The Kier molecular flexibility index (Phi) is 8.57. The summed E-state index contributed by atoms with van der Waals surface area (Å²) >= 11 is 7.71. The van der Waals surface area contributed by atoms with E-state index in [0.29, 0.717) is 43.0 Å². The summed E-state index contributed by atoms with van der Waals surface area (Å²) < 4.78 is 43.2. The van der Waals surface area contributed by atoms with Gasteiger partial charge >= 0.3 is 5.97 Å². The van der Waals surface area contributed by atoms with Crippen molar-refractivity contribution in [2.24, 2.45) is 7.05 Å². The van der Waals surface area contributed by atoms with Crippen LogP contribution in [0.2, 0.25) is 5.02 Å². The second-order valence-corrected chi connectivity index (χ2v) is 12.1. The molecule has 1 saturated heterocycles. The van der Waals surface area contributed by atoms with Gasteiger partial charge in [0.05, 0.1) is 22.3 Å². The highest BCUT2D eigenvalue weighted by atomic mass is 35.5. The molecule has 0 saturated carbocycles. The zero-order chi connectivity index (χ0) is 31.0. The fraction of sp³-hybridized carbons (Fsp3) is 0.323. The number of benzene rings is 2. The Morgan fingerprint density at radius 3 is 2.70 bits per heavy atom. The van der Waals surface area contributed by atoms with E-state index in [-0.39, 0.29) is 27.5 Å². The number of carbonyl (C=O) groups is 1. The number of ether oxygens (including phenoxy) is 2. The number of hydrogen-bond acceptors (Lipinski definition) is 7. The lowest BCUT2D eigenvalue weighted by molar-refractivity contribution is 0.0695. The Morgan fingerprint density at radius 2 is 2.00 bits per heavy atom. The zero-order valence-corrected chi connectivity index (χ0v) is 25.6. The molecule has 5 aromatic rings. The van der Waals surface area contributed by atoms with E-state index in [1.807, 2.05) is 40.9 Å². The SMILES string of the molecule is C[C@@H](Oc1cc(-n2cnc3cc(-c4cnn(C)c4)ccc32)sc1C(=O)O)c1ccc(F)c(OC2CCN(CCF)CC2)c1Cl. The van der Waals surface area contributed by atoms with Gasteiger partial charge in [0.1, 0.15) is 36.0 Å². The Morgan fingerprint density at radius 1 is 1.20 bits per heavy atom. The number of carboxylic acid groups (broad SMARTS) is 1. The van der Waals surface area contributed by atoms with Crippen molar-refractivity contribution >= 4 is 39.9 Å². The third-order valence-electron chi connectivity index (χ3n) is 7.74.